The van der Waals surface area contributed by atoms with Crippen molar-refractivity contribution >= 4 is 35.1 Å². The van der Waals surface area contributed by atoms with Crippen LogP contribution in [0.5, 0.6) is 5.88 Å². The van der Waals surface area contributed by atoms with Crippen molar-refractivity contribution in [2.24, 2.45) is 0 Å². The standard InChI is InChI=1S/C18H21F3N2OS.ClH/c19-18(20,21)15-12-17(22-16-7-3-2-6-14(15)16)24-10-5-1-4-8-23-9-11-25-13-23;/h2-3,6-7,12H,1,4-5,8-11,13H2;1H. The Balaban J connectivity index is 0.00000243. The maximum atomic E-state index is 13.2. The van der Waals surface area contributed by atoms with Gasteiger partial charge in [-0.05, 0) is 31.9 Å². The number of thioether (sulfide) groups is 1. The van der Waals surface area contributed by atoms with E-state index in [0.29, 0.717) is 12.1 Å². The van der Waals surface area contributed by atoms with Gasteiger partial charge in [0.05, 0.1) is 17.7 Å². The molecule has 144 valence electrons. The molecule has 2 heterocycles. The van der Waals surface area contributed by atoms with E-state index in [1.165, 1.54) is 11.8 Å². The molecule has 1 aromatic carbocycles. The number of alkyl halides is 3. The highest BCUT2D eigenvalue weighted by molar-refractivity contribution is 7.99. The first kappa shape index (κ1) is 21.1. The van der Waals surface area contributed by atoms with E-state index >= 15 is 0 Å². The molecular weight excluding hydrogens is 385 g/mol. The number of halogens is 4. The molecule has 8 heteroatoms. The third-order valence-corrected chi connectivity index (χ3v) is 5.21. The molecule has 0 N–H and O–H groups in total. The first-order chi connectivity index (χ1) is 12.0. The summed E-state index contributed by atoms with van der Waals surface area (Å²) < 4.78 is 45.2. The van der Waals surface area contributed by atoms with Crippen LogP contribution in [0.2, 0.25) is 0 Å². The summed E-state index contributed by atoms with van der Waals surface area (Å²) in [5.41, 5.74) is -0.390. The Kier molecular flexibility index (Phi) is 7.85. The zero-order chi connectivity index (χ0) is 17.7. The van der Waals surface area contributed by atoms with Crippen molar-refractivity contribution < 1.29 is 17.9 Å². The van der Waals surface area contributed by atoms with Gasteiger partial charge in [0.1, 0.15) is 0 Å². The summed E-state index contributed by atoms with van der Waals surface area (Å²) in [6.45, 7) is 2.62. The molecule has 0 atom stereocenters. The average Bonchev–Trinajstić information content (AvgIpc) is 3.10. The first-order valence-electron chi connectivity index (χ1n) is 8.44. The number of ether oxygens (including phenoxy) is 1. The van der Waals surface area contributed by atoms with E-state index in [-0.39, 0.29) is 23.7 Å². The second-order valence-corrected chi connectivity index (χ2v) is 7.16. The van der Waals surface area contributed by atoms with Gasteiger partial charge in [-0.25, -0.2) is 4.98 Å². The lowest BCUT2D eigenvalue weighted by Crippen LogP contribution is -2.20. The predicted octanol–water partition coefficient (Wildman–Crippen LogP) is 5.23. The summed E-state index contributed by atoms with van der Waals surface area (Å²) in [6.07, 6.45) is -1.52. The van der Waals surface area contributed by atoms with Crippen LogP contribution < -0.4 is 4.74 Å². The van der Waals surface area contributed by atoms with Crippen LogP contribution in [0.4, 0.5) is 13.2 Å². The van der Waals surface area contributed by atoms with E-state index in [1.807, 2.05) is 11.8 Å². The molecule has 1 fully saturated rings. The van der Waals surface area contributed by atoms with Gasteiger partial charge in [-0.1, -0.05) is 18.2 Å². The molecule has 0 aliphatic carbocycles. The van der Waals surface area contributed by atoms with Crippen molar-refractivity contribution in [3.05, 3.63) is 35.9 Å². The minimum Gasteiger partial charge on any atom is -0.478 e. The van der Waals surface area contributed by atoms with Crippen LogP contribution in [-0.2, 0) is 6.18 Å². The normalized spacial score (nSPS) is 15.2. The van der Waals surface area contributed by atoms with Gasteiger partial charge in [0.2, 0.25) is 5.88 Å². The molecule has 0 amide bonds. The zero-order valence-electron chi connectivity index (χ0n) is 14.3. The molecule has 1 aliphatic rings. The lowest BCUT2D eigenvalue weighted by atomic mass is 10.1. The molecule has 1 saturated heterocycles. The number of unbranched alkanes of at least 4 members (excludes halogenated alkanes) is 2. The SMILES string of the molecule is Cl.FC(F)(F)c1cc(OCCCCCN2CCSC2)nc2ccccc12. The molecular formula is C18H22ClF3N2OS. The van der Waals surface area contributed by atoms with Crippen molar-refractivity contribution in [2.75, 3.05) is 31.3 Å². The molecule has 0 saturated carbocycles. The summed E-state index contributed by atoms with van der Waals surface area (Å²) in [7, 11) is 0. The van der Waals surface area contributed by atoms with Crippen molar-refractivity contribution in [1.82, 2.24) is 9.88 Å². The second-order valence-electron chi connectivity index (χ2n) is 6.09. The minimum absolute atomic E-state index is 0. The summed E-state index contributed by atoms with van der Waals surface area (Å²) in [5.74, 6) is 2.36. The van der Waals surface area contributed by atoms with Crippen LogP contribution in [0.15, 0.2) is 30.3 Å². The van der Waals surface area contributed by atoms with E-state index in [2.05, 4.69) is 9.88 Å². The first-order valence-corrected chi connectivity index (χ1v) is 9.59. The molecule has 3 nitrogen and oxygen atoms in total. The fourth-order valence-corrected chi connectivity index (χ4v) is 3.91. The number of para-hydroxylation sites is 1. The summed E-state index contributed by atoms with van der Waals surface area (Å²) in [6, 6.07) is 7.27. The van der Waals surface area contributed by atoms with Crippen molar-refractivity contribution in [3.63, 3.8) is 0 Å². The van der Waals surface area contributed by atoms with Gasteiger partial charge in [-0.2, -0.15) is 13.2 Å². The molecule has 1 aromatic heterocycles. The van der Waals surface area contributed by atoms with Crippen LogP contribution in [-0.4, -0.2) is 41.2 Å². The number of rotatable bonds is 7. The van der Waals surface area contributed by atoms with E-state index in [0.717, 1.165) is 44.3 Å². The number of hydrogen-bond donors (Lipinski definition) is 0. The lowest BCUT2D eigenvalue weighted by Gasteiger charge is -2.14. The predicted molar refractivity (Wildman–Crippen MR) is 102 cm³/mol. The molecule has 1 aliphatic heterocycles. The quantitative estimate of drug-likeness (QED) is 0.588. The third kappa shape index (κ3) is 5.66. The monoisotopic (exact) mass is 406 g/mol. The summed E-state index contributed by atoms with van der Waals surface area (Å²) in [4.78, 5) is 6.62. The highest BCUT2D eigenvalue weighted by Crippen LogP contribution is 2.36. The van der Waals surface area contributed by atoms with Gasteiger partial charge in [0.25, 0.3) is 0 Å². The molecule has 26 heavy (non-hydrogen) atoms. The van der Waals surface area contributed by atoms with Gasteiger partial charge in [-0.15, -0.1) is 24.2 Å². The minimum atomic E-state index is -4.42. The smallest absolute Gasteiger partial charge is 0.417 e. The maximum absolute atomic E-state index is 13.2. The fourth-order valence-electron chi connectivity index (χ4n) is 2.88. The number of hydrogen-bond acceptors (Lipinski definition) is 4. The Morgan fingerprint density at radius 1 is 1.15 bits per heavy atom. The van der Waals surface area contributed by atoms with E-state index < -0.39 is 11.7 Å². The molecule has 0 radical (unpaired) electrons. The topological polar surface area (TPSA) is 25.4 Å². The van der Waals surface area contributed by atoms with Crippen molar-refractivity contribution in [1.29, 1.82) is 0 Å². The van der Waals surface area contributed by atoms with Crippen LogP contribution >= 0.6 is 24.2 Å². The number of nitrogens with zero attached hydrogens (tertiary/aromatic N) is 2. The largest absolute Gasteiger partial charge is 0.478 e. The highest BCUT2D eigenvalue weighted by atomic mass is 35.5. The molecule has 2 aromatic rings. The molecule has 0 unspecified atom stereocenters. The Hall–Kier alpha value is -1.18. The van der Waals surface area contributed by atoms with E-state index in [9.17, 15) is 13.2 Å². The van der Waals surface area contributed by atoms with E-state index in [1.54, 1.807) is 18.2 Å². The van der Waals surface area contributed by atoms with Crippen LogP contribution in [0.1, 0.15) is 24.8 Å². The number of pyridine rings is 1. The second kappa shape index (κ2) is 9.67. The van der Waals surface area contributed by atoms with Crippen LogP contribution in [0.3, 0.4) is 0 Å². The third-order valence-electron chi connectivity index (χ3n) is 4.19. The number of benzene rings is 1. The highest BCUT2D eigenvalue weighted by Gasteiger charge is 2.33. The van der Waals surface area contributed by atoms with Gasteiger partial charge >= 0.3 is 6.18 Å². The van der Waals surface area contributed by atoms with E-state index in [4.69, 9.17) is 4.74 Å². The molecule has 3 rings (SSSR count). The molecule has 0 spiro atoms. The van der Waals surface area contributed by atoms with Gasteiger partial charge in [0, 0.05) is 29.6 Å². The Bertz CT molecular complexity index is 708. The van der Waals surface area contributed by atoms with Crippen LogP contribution in [0.25, 0.3) is 10.9 Å². The lowest BCUT2D eigenvalue weighted by molar-refractivity contribution is -0.136. The Morgan fingerprint density at radius 3 is 2.69 bits per heavy atom. The van der Waals surface area contributed by atoms with Crippen LogP contribution in [0, 0.1) is 0 Å². The fraction of sp³-hybridized carbons (Fsp3) is 0.500. The number of fused-ring (bicyclic) bond motifs is 1. The van der Waals surface area contributed by atoms with Crippen molar-refractivity contribution in [3.8, 4) is 5.88 Å². The molecule has 0 bridgehead atoms. The Labute approximate surface area is 161 Å². The van der Waals surface area contributed by atoms with Gasteiger partial charge in [0.15, 0.2) is 0 Å². The van der Waals surface area contributed by atoms with Crippen molar-refractivity contribution in [2.45, 2.75) is 25.4 Å². The van der Waals surface area contributed by atoms with Gasteiger partial charge < -0.3 is 4.74 Å². The summed E-state index contributed by atoms with van der Waals surface area (Å²) >= 11 is 1.95. The maximum Gasteiger partial charge on any atom is 0.417 e. The Morgan fingerprint density at radius 2 is 1.96 bits per heavy atom. The zero-order valence-corrected chi connectivity index (χ0v) is 15.9. The van der Waals surface area contributed by atoms with Gasteiger partial charge in [-0.3, -0.25) is 4.90 Å². The number of aromatic nitrogens is 1. The summed E-state index contributed by atoms with van der Waals surface area (Å²) in [5, 5.41) is 0.103. The average molecular weight is 407 g/mol.